The fourth-order valence-corrected chi connectivity index (χ4v) is 3.16. The highest BCUT2D eigenvalue weighted by molar-refractivity contribution is 7.90. The lowest BCUT2D eigenvalue weighted by Crippen LogP contribution is -2.38. The third-order valence-electron chi connectivity index (χ3n) is 4.05. The first kappa shape index (κ1) is 21.7. The molecule has 0 atom stereocenters. The van der Waals surface area contributed by atoms with Crippen molar-refractivity contribution in [1.29, 1.82) is 0 Å². The molecule has 0 saturated heterocycles. The molecule has 1 aromatic carbocycles. The highest BCUT2D eigenvalue weighted by Gasteiger charge is 2.06. The number of anilines is 1. The van der Waals surface area contributed by atoms with Crippen LogP contribution in [0, 0.1) is 0 Å². The van der Waals surface area contributed by atoms with Crippen molar-refractivity contribution in [1.82, 2.24) is 15.6 Å². The molecule has 0 unspecified atom stereocenters. The Morgan fingerprint density at radius 1 is 1.11 bits per heavy atom. The number of benzene rings is 1. The maximum absolute atomic E-state index is 11.5. The lowest BCUT2D eigenvalue weighted by Gasteiger charge is -2.13. The molecule has 1 aromatic heterocycles. The van der Waals surface area contributed by atoms with Crippen molar-refractivity contribution >= 4 is 21.6 Å². The minimum absolute atomic E-state index is 0.339. The van der Waals surface area contributed by atoms with Gasteiger partial charge in [0.1, 0.15) is 5.82 Å². The second kappa shape index (κ2) is 10.1. The monoisotopic (exact) mass is 403 g/mol. The molecule has 2 N–H and O–H groups in total. The van der Waals surface area contributed by atoms with Crippen LogP contribution >= 0.6 is 0 Å². The number of aromatic nitrogens is 1. The Balaban J connectivity index is 1.93. The summed E-state index contributed by atoms with van der Waals surface area (Å²) in [6, 6.07) is 12.9. The molecule has 0 amide bonds. The molecule has 0 aliphatic carbocycles. The Labute approximate surface area is 167 Å². The van der Waals surface area contributed by atoms with Crippen LogP contribution in [-0.4, -0.2) is 52.8 Å². The van der Waals surface area contributed by atoms with Crippen molar-refractivity contribution in [3.05, 3.63) is 53.7 Å². The van der Waals surface area contributed by atoms with E-state index in [0.29, 0.717) is 18.0 Å². The topological polar surface area (TPSA) is 86.7 Å². The van der Waals surface area contributed by atoms with Gasteiger partial charge in [-0.25, -0.2) is 18.4 Å². The van der Waals surface area contributed by atoms with Crippen LogP contribution in [0.4, 0.5) is 5.82 Å². The van der Waals surface area contributed by atoms with Crippen LogP contribution < -0.4 is 15.5 Å². The second-order valence-electron chi connectivity index (χ2n) is 6.67. The number of sulfone groups is 1. The maximum Gasteiger partial charge on any atom is 0.191 e. The van der Waals surface area contributed by atoms with Crippen LogP contribution in [0.2, 0.25) is 0 Å². The normalized spacial score (nSPS) is 11.9. The van der Waals surface area contributed by atoms with Crippen LogP contribution in [0.1, 0.15) is 18.2 Å². The van der Waals surface area contributed by atoms with E-state index < -0.39 is 9.84 Å². The lowest BCUT2D eigenvalue weighted by atomic mass is 10.1. The van der Waals surface area contributed by atoms with Gasteiger partial charge in [0.25, 0.3) is 0 Å². The van der Waals surface area contributed by atoms with E-state index >= 15 is 0 Å². The summed E-state index contributed by atoms with van der Waals surface area (Å²) >= 11 is 0. The summed E-state index contributed by atoms with van der Waals surface area (Å²) in [6.45, 7) is 3.96. The lowest BCUT2D eigenvalue weighted by molar-refractivity contribution is 0.602. The average Bonchev–Trinajstić information content (AvgIpc) is 2.66. The molecule has 152 valence electrons. The van der Waals surface area contributed by atoms with Gasteiger partial charge >= 0.3 is 0 Å². The summed E-state index contributed by atoms with van der Waals surface area (Å²) in [6.07, 6.45) is 1.98. The Morgan fingerprint density at radius 2 is 1.82 bits per heavy atom. The fraction of sp³-hybridized carbons (Fsp3) is 0.400. The Kier molecular flexibility index (Phi) is 7.80. The van der Waals surface area contributed by atoms with Gasteiger partial charge in [0.05, 0.1) is 17.1 Å². The number of hydrogen-bond acceptors (Lipinski definition) is 5. The summed E-state index contributed by atoms with van der Waals surface area (Å²) in [5.41, 5.74) is 1.97. The highest BCUT2D eigenvalue weighted by atomic mass is 32.2. The standard InChI is InChI=1S/C20H29N5O2S/c1-5-21-20(23-15-17-7-6-8-19(24-17)25(2)3)22-14-13-16-9-11-18(12-10-16)28(4,26)27/h6-12H,5,13-15H2,1-4H3,(H2,21,22,23). The summed E-state index contributed by atoms with van der Waals surface area (Å²) < 4.78 is 23.0. The molecule has 0 saturated carbocycles. The van der Waals surface area contributed by atoms with Crippen molar-refractivity contribution < 1.29 is 8.42 Å². The first-order valence-corrected chi connectivity index (χ1v) is 11.1. The van der Waals surface area contributed by atoms with Gasteiger partial charge in [-0.2, -0.15) is 0 Å². The molecule has 28 heavy (non-hydrogen) atoms. The number of guanidine groups is 1. The van der Waals surface area contributed by atoms with Crippen LogP contribution in [-0.2, 0) is 22.8 Å². The average molecular weight is 404 g/mol. The van der Waals surface area contributed by atoms with Gasteiger partial charge in [-0.3, -0.25) is 0 Å². The van der Waals surface area contributed by atoms with Crippen LogP contribution in [0.5, 0.6) is 0 Å². The minimum Gasteiger partial charge on any atom is -0.363 e. The largest absolute Gasteiger partial charge is 0.363 e. The molecule has 8 heteroatoms. The van der Waals surface area contributed by atoms with Crippen molar-refractivity contribution in [3.63, 3.8) is 0 Å². The van der Waals surface area contributed by atoms with Gasteiger partial charge in [0.15, 0.2) is 15.8 Å². The van der Waals surface area contributed by atoms with Crippen LogP contribution in [0.15, 0.2) is 52.4 Å². The predicted molar refractivity (Wildman–Crippen MR) is 115 cm³/mol. The van der Waals surface area contributed by atoms with Crippen molar-refractivity contribution in [2.75, 3.05) is 38.3 Å². The van der Waals surface area contributed by atoms with Crippen molar-refractivity contribution in [3.8, 4) is 0 Å². The smallest absolute Gasteiger partial charge is 0.191 e. The first-order valence-electron chi connectivity index (χ1n) is 9.24. The molecule has 0 fully saturated rings. The van der Waals surface area contributed by atoms with Crippen molar-refractivity contribution in [2.45, 2.75) is 24.8 Å². The Bertz CT molecular complexity index is 893. The van der Waals surface area contributed by atoms with Crippen LogP contribution in [0.3, 0.4) is 0 Å². The molecule has 0 aliphatic rings. The number of hydrogen-bond donors (Lipinski definition) is 2. The van der Waals surface area contributed by atoms with Gasteiger partial charge in [0.2, 0.25) is 0 Å². The zero-order valence-corrected chi connectivity index (χ0v) is 17.8. The molecule has 2 aromatic rings. The van der Waals surface area contributed by atoms with E-state index in [2.05, 4.69) is 20.6 Å². The number of nitrogens with zero attached hydrogens (tertiary/aromatic N) is 3. The third kappa shape index (κ3) is 6.84. The number of pyridine rings is 1. The molecule has 0 bridgehead atoms. The third-order valence-corrected chi connectivity index (χ3v) is 5.18. The fourth-order valence-electron chi connectivity index (χ4n) is 2.53. The van der Waals surface area contributed by atoms with Gasteiger partial charge < -0.3 is 15.5 Å². The van der Waals surface area contributed by atoms with Gasteiger partial charge in [-0.15, -0.1) is 0 Å². The molecule has 7 nitrogen and oxygen atoms in total. The molecular formula is C20H29N5O2S. The van der Waals surface area contributed by atoms with E-state index in [9.17, 15) is 8.42 Å². The zero-order valence-electron chi connectivity index (χ0n) is 16.9. The van der Waals surface area contributed by atoms with Crippen molar-refractivity contribution in [2.24, 2.45) is 4.99 Å². The van der Waals surface area contributed by atoms with E-state index in [0.717, 1.165) is 36.0 Å². The quantitative estimate of drug-likeness (QED) is 0.517. The minimum atomic E-state index is -3.16. The van der Waals surface area contributed by atoms with E-state index in [1.807, 2.05) is 56.3 Å². The SMILES string of the molecule is CCNC(=NCc1cccc(N(C)C)n1)NCCc1ccc(S(C)(=O)=O)cc1. The molecule has 0 aliphatic heterocycles. The maximum atomic E-state index is 11.5. The number of aliphatic imine (C=N–C) groups is 1. The number of rotatable bonds is 8. The number of nitrogens with one attached hydrogen (secondary N) is 2. The summed E-state index contributed by atoms with van der Waals surface area (Å²) in [7, 11) is 0.767. The first-order chi connectivity index (χ1) is 13.3. The van der Waals surface area contributed by atoms with E-state index in [1.54, 1.807) is 12.1 Å². The van der Waals surface area contributed by atoms with E-state index in [-0.39, 0.29) is 0 Å². The van der Waals surface area contributed by atoms with Crippen LogP contribution in [0.25, 0.3) is 0 Å². The molecular weight excluding hydrogens is 374 g/mol. The Hall–Kier alpha value is -2.61. The van der Waals surface area contributed by atoms with E-state index in [4.69, 9.17) is 0 Å². The Morgan fingerprint density at radius 3 is 2.43 bits per heavy atom. The predicted octanol–water partition coefficient (Wildman–Crippen LogP) is 1.85. The van der Waals surface area contributed by atoms with Gasteiger partial charge in [-0.1, -0.05) is 18.2 Å². The zero-order chi connectivity index (χ0) is 20.6. The van der Waals surface area contributed by atoms with E-state index in [1.165, 1.54) is 6.26 Å². The summed E-state index contributed by atoms with van der Waals surface area (Å²) in [5, 5.41) is 6.53. The molecule has 0 spiro atoms. The summed E-state index contributed by atoms with van der Waals surface area (Å²) in [4.78, 5) is 11.5. The second-order valence-corrected chi connectivity index (χ2v) is 8.69. The molecule has 0 radical (unpaired) electrons. The molecule has 1 heterocycles. The summed E-state index contributed by atoms with van der Waals surface area (Å²) in [5.74, 6) is 1.63. The van der Waals surface area contributed by atoms with Gasteiger partial charge in [0, 0.05) is 33.4 Å². The highest BCUT2D eigenvalue weighted by Crippen LogP contribution is 2.11. The van der Waals surface area contributed by atoms with Gasteiger partial charge in [-0.05, 0) is 43.2 Å². The molecule has 2 rings (SSSR count).